The number of aryl methyl sites for hydroxylation is 3. The summed E-state index contributed by atoms with van der Waals surface area (Å²) in [6, 6.07) is 0. The number of hydrogen-bond acceptors (Lipinski definition) is 4. The molecule has 0 saturated heterocycles. The number of hydrogen-bond donors (Lipinski definition) is 1. The van der Waals surface area contributed by atoms with Crippen LogP contribution in [0.1, 0.15) is 22.3 Å². The Hall–Kier alpha value is -2.11. The summed E-state index contributed by atoms with van der Waals surface area (Å²) in [5.41, 5.74) is 7.28. The van der Waals surface area contributed by atoms with Gasteiger partial charge in [-0.2, -0.15) is 10.2 Å². The summed E-state index contributed by atoms with van der Waals surface area (Å²) < 4.78 is 3.22. The van der Waals surface area contributed by atoms with Gasteiger partial charge >= 0.3 is 0 Å². The van der Waals surface area contributed by atoms with Crippen LogP contribution < -0.4 is 5.73 Å². The fourth-order valence-corrected chi connectivity index (χ4v) is 1.66. The lowest BCUT2D eigenvalue weighted by atomic mass is 10.1. The summed E-state index contributed by atoms with van der Waals surface area (Å²) in [5.74, 6) is 0.431. The molecule has 0 aliphatic rings. The van der Waals surface area contributed by atoms with Gasteiger partial charge in [0.2, 0.25) is 0 Å². The summed E-state index contributed by atoms with van der Waals surface area (Å²) in [6.45, 7) is 0. The smallest absolute Gasteiger partial charge is 0.168 e. The Morgan fingerprint density at radius 2 is 2.12 bits per heavy atom. The Bertz CT molecular complexity index is 540. The molecule has 2 aromatic rings. The number of nitrogen functional groups attached to an aromatic ring is 1. The van der Waals surface area contributed by atoms with Gasteiger partial charge in [-0.25, -0.2) is 0 Å². The second-order valence-corrected chi connectivity index (χ2v) is 4.01. The van der Waals surface area contributed by atoms with Gasteiger partial charge in [0.25, 0.3) is 0 Å². The van der Waals surface area contributed by atoms with Gasteiger partial charge in [0, 0.05) is 26.7 Å². The highest BCUT2D eigenvalue weighted by Gasteiger charge is 2.13. The third-order valence-electron chi connectivity index (χ3n) is 2.68. The number of nitrogens with two attached hydrogens (primary N) is 1. The molecule has 0 atom stereocenters. The maximum absolute atomic E-state index is 11.9. The number of carbonyl (C=O) groups excluding carboxylic acids is 1. The molecular formula is C11H15N5O. The van der Waals surface area contributed by atoms with Crippen molar-refractivity contribution < 1.29 is 4.79 Å². The number of Topliss-reactive ketones (excluding diaryl/α,β-unsaturated/α-hetero) is 1. The Morgan fingerprint density at radius 1 is 1.35 bits per heavy atom. The van der Waals surface area contributed by atoms with Crippen LogP contribution in [0.15, 0.2) is 18.6 Å². The highest BCUT2D eigenvalue weighted by molar-refractivity contribution is 5.99. The quantitative estimate of drug-likeness (QED) is 0.782. The second kappa shape index (κ2) is 4.40. The SMILES string of the molecule is Cn1cc(CCC(=O)c2cnn(C)c2N)cn1. The van der Waals surface area contributed by atoms with Gasteiger partial charge in [-0.15, -0.1) is 0 Å². The van der Waals surface area contributed by atoms with Crippen molar-refractivity contribution in [2.24, 2.45) is 14.1 Å². The van der Waals surface area contributed by atoms with Gasteiger partial charge in [-0.3, -0.25) is 14.2 Å². The number of ketones is 1. The molecule has 2 heterocycles. The van der Waals surface area contributed by atoms with Gasteiger partial charge < -0.3 is 5.73 Å². The third kappa shape index (κ3) is 2.35. The molecule has 0 radical (unpaired) electrons. The van der Waals surface area contributed by atoms with Gasteiger partial charge in [-0.1, -0.05) is 0 Å². The fraction of sp³-hybridized carbons (Fsp3) is 0.364. The molecule has 90 valence electrons. The van der Waals surface area contributed by atoms with E-state index in [-0.39, 0.29) is 5.78 Å². The molecule has 0 unspecified atom stereocenters. The molecule has 6 nitrogen and oxygen atoms in total. The normalized spacial score (nSPS) is 10.7. The van der Waals surface area contributed by atoms with Crippen LogP contribution in [0.5, 0.6) is 0 Å². The molecule has 0 bridgehead atoms. The van der Waals surface area contributed by atoms with E-state index in [1.54, 1.807) is 17.9 Å². The van der Waals surface area contributed by atoms with Crippen molar-refractivity contribution in [1.82, 2.24) is 19.6 Å². The van der Waals surface area contributed by atoms with Crippen LogP contribution in [0.3, 0.4) is 0 Å². The monoisotopic (exact) mass is 233 g/mol. The molecule has 0 saturated carbocycles. The number of aromatic nitrogens is 4. The molecule has 0 aliphatic heterocycles. The second-order valence-electron chi connectivity index (χ2n) is 4.01. The van der Waals surface area contributed by atoms with E-state index in [1.807, 2.05) is 13.2 Å². The zero-order valence-electron chi connectivity index (χ0n) is 9.92. The van der Waals surface area contributed by atoms with Crippen LogP contribution in [0.4, 0.5) is 5.82 Å². The Balaban J connectivity index is 2.00. The molecule has 6 heteroatoms. The molecule has 0 amide bonds. The highest BCUT2D eigenvalue weighted by Crippen LogP contribution is 2.13. The van der Waals surface area contributed by atoms with Gasteiger partial charge in [0.1, 0.15) is 5.82 Å². The van der Waals surface area contributed by atoms with Crippen LogP contribution in [0.25, 0.3) is 0 Å². The molecule has 0 aliphatic carbocycles. The van der Waals surface area contributed by atoms with Crippen molar-refractivity contribution in [3.63, 3.8) is 0 Å². The van der Waals surface area contributed by atoms with E-state index in [0.29, 0.717) is 24.2 Å². The van der Waals surface area contributed by atoms with Crippen LogP contribution in [0.2, 0.25) is 0 Å². The zero-order valence-corrected chi connectivity index (χ0v) is 9.92. The average Bonchev–Trinajstić information content (AvgIpc) is 2.84. The van der Waals surface area contributed by atoms with E-state index in [1.165, 1.54) is 10.9 Å². The van der Waals surface area contributed by atoms with Crippen LogP contribution in [-0.4, -0.2) is 25.3 Å². The topological polar surface area (TPSA) is 78.7 Å². The van der Waals surface area contributed by atoms with Crippen molar-refractivity contribution in [2.75, 3.05) is 5.73 Å². The Morgan fingerprint density at radius 3 is 2.65 bits per heavy atom. The molecule has 2 rings (SSSR count). The summed E-state index contributed by atoms with van der Waals surface area (Å²) in [5, 5.41) is 8.00. The number of nitrogens with zero attached hydrogens (tertiary/aromatic N) is 4. The first kappa shape index (κ1) is 11.4. The van der Waals surface area contributed by atoms with E-state index in [2.05, 4.69) is 10.2 Å². The fourth-order valence-electron chi connectivity index (χ4n) is 1.66. The molecule has 0 spiro atoms. The summed E-state index contributed by atoms with van der Waals surface area (Å²) in [6.07, 6.45) is 6.27. The summed E-state index contributed by atoms with van der Waals surface area (Å²) >= 11 is 0. The van der Waals surface area contributed by atoms with Crippen molar-refractivity contribution in [3.05, 3.63) is 29.7 Å². The molecule has 17 heavy (non-hydrogen) atoms. The van der Waals surface area contributed by atoms with E-state index >= 15 is 0 Å². The average molecular weight is 233 g/mol. The minimum absolute atomic E-state index is 0.0134. The Kier molecular flexibility index (Phi) is 2.95. The van der Waals surface area contributed by atoms with E-state index in [9.17, 15) is 4.79 Å². The summed E-state index contributed by atoms with van der Waals surface area (Å²) in [4.78, 5) is 11.9. The lowest BCUT2D eigenvalue weighted by Gasteiger charge is -1.99. The minimum atomic E-state index is 0.0134. The molecule has 0 aromatic carbocycles. The minimum Gasteiger partial charge on any atom is -0.383 e. The van der Waals surface area contributed by atoms with Gasteiger partial charge in [-0.05, 0) is 12.0 Å². The van der Waals surface area contributed by atoms with Crippen molar-refractivity contribution >= 4 is 11.6 Å². The molecule has 2 N–H and O–H groups in total. The van der Waals surface area contributed by atoms with E-state index in [4.69, 9.17) is 5.73 Å². The molecular weight excluding hydrogens is 218 g/mol. The van der Waals surface area contributed by atoms with Crippen molar-refractivity contribution in [2.45, 2.75) is 12.8 Å². The number of carbonyl (C=O) groups is 1. The molecule has 0 fully saturated rings. The standard InChI is InChI=1S/C11H15N5O/c1-15-7-8(5-13-15)3-4-10(17)9-6-14-16(2)11(9)12/h5-7H,3-4,12H2,1-2H3. The van der Waals surface area contributed by atoms with Crippen LogP contribution in [0, 0.1) is 0 Å². The first-order valence-electron chi connectivity index (χ1n) is 5.36. The maximum Gasteiger partial charge on any atom is 0.168 e. The van der Waals surface area contributed by atoms with E-state index < -0.39 is 0 Å². The zero-order chi connectivity index (χ0) is 12.4. The largest absolute Gasteiger partial charge is 0.383 e. The maximum atomic E-state index is 11.9. The Labute approximate surface area is 99.0 Å². The van der Waals surface area contributed by atoms with E-state index in [0.717, 1.165) is 5.56 Å². The van der Waals surface area contributed by atoms with Crippen molar-refractivity contribution in [3.8, 4) is 0 Å². The van der Waals surface area contributed by atoms with Crippen molar-refractivity contribution in [1.29, 1.82) is 0 Å². The van der Waals surface area contributed by atoms with Crippen LogP contribution in [-0.2, 0) is 20.5 Å². The highest BCUT2D eigenvalue weighted by atomic mass is 16.1. The number of rotatable bonds is 4. The first-order valence-corrected chi connectivity index (χ1v) is 5.36. The predicted molar refractivity (Wildman–Crippen MR) is 63.5 cm³/mol. The van der Waals surface area contributed by atoms with Gasteiger partial charge in [0.05, 0.1) is 18.0 Å². The lowest BCUT2D eigenvalue weighted by molar-refractivity contribution is 0.0983. The molecule has 2 aromatic heterocycles. The number of anilines is 1. The lowest BCUT2D eigenvalue weighted by Crippen LogP contribution is -2.05. The third-order valence-corrected chi connectivity index (χ3v) is 2.68. The summed E-state index contributed by atoms with van der Waals surface area (Å²) in [7, 11) is 3.57. The van der Waals surface area contributed by atoms with Crippen LogP contribution >= 0.6 is 0 Å². The van der Waals surface area contributed by atoms with Gasteiger partial charge in [0.15, 0.2) is 5.78 Å². The first-order chi connectivity index (χ1) is 8.08. The predicted octanol–water partition coefficient (Wildman–Crippen LogP) is 0.551.